The maximum Gasteiger partial charge on any atom is 0.311 e. The van der Waals surface area contributed by atoms with Crippen molar-refractivity contribution in [3.05, 3.63) is 51.8 Å². The second-order valence-corrected chi connectivity index (χ2v) is 22.1. The van der Waals surface area contributed by atoms with Crippen LogP contribution in [0.3, 0.4) is 0 Å². The summed E-state index contributed by atoms with van der Waals surface area (Å²) in [5.74, 6) is -4.24. The van der Waals surface area contributed by atoms with E-state index in [4.69, 9.17) is 33.3 Å². The van der Waals surface area contributed by atoms with Crippen LogP contribution in [-0.2, 0) is 57.4 Å². The van der Waals surface area contributed by atoms with Crippen LogP contribution in [0.15, 0.2) is 35.6 Å². The van der Waals surface area contributed by atoms with Gasteiger partial charge in [0, 0.05) is 81.7 Å². The van der Waals surface area contributed by atoms with Crippen LogP contribution < -0.4 is 0 Å². The van der Waals surface area contributed by atoms with Crippen LogP contribution in [0.5, 0.6) is 0 Å². The van der Waals surface area contributed by atoms with Gasteiger partial charge in [0.2, 0.25) is 0 Å². The third-order valence-corrected chi connectivity index (χ3v) is 15.6. The zero-order valence-corrected chi connectivity index (χ0v) is 46.1. The summed E-state index contributed by atoms with van der Waals surface area (Å²) in [6.45, 7) is 18.8. The van der Waals surface area contributed by atoms with E-state index < -0.39 is 119 Å². The number of methoxy groups -OCH3 is 1. The normalized spacial score (nSPS) is 38.5. The molecule has 3 fully saturated rings. The Morgan fingerprint density at radius 3 is 2.23 bits per heavy atom. The van der Waals surface area contributed by atoms with Crippen LogP contribution in [0.1, 0.15) is 106 Å². The van der Waals surface area contributed by atoms with Crippen LogP contribution >= 0.6 is 0 Å². The molecule has 3 saturated heterocycles. The van der Waals surface area contributed by atoms with Gasteiger partial charge < -0.3 is 68.6 Å². The van der Waals surface area contributed by atoms with E-state index in [-0.39, 0.29) is 31.6 Å². The fourth-order valence-electron chi connectivity index (χ4n) is 10.9. The van der Waals surface area contributed by atoms with E-state index in [1.165, 1.54) is 26.2 Å². The molecule has 3 aliphatic heterocycles. The Bertz CT molecular complexity index is 2130. The van der Waals surface area contributed by atoms with E-state index in [0.717, 1.165) is 11.3 Å². The molecule has 22 heteroatoms. The smallest absolute Gasteiger partial charge is 0.311 e. The van der Waals surface area contributed by atoms with Crippen LogP contribution in [0.25, 0.3) is 0 Å². The maximum absolute atomic E-state index is 14.6. The van der Waals surface area contributed by atoms with Gasteiger partial charge in [-0.1, -0.05) is 50.2 Å². The SMILES string of the molecule is CC[C@H]1OC(=O)[C@H](C)[C@@H](OC2C[C@@](C)(OC)[C@@H](O)[C@H](C)O2)[C@H](C)[C@@H](OC2O[C@H](C)C[C@H](N(C)CCc3cn(CCc4ccc([N+](=O)[O-])cc4)nn3)[C@@H]2O)[C@](C)(O)C[C@@H](C)C(=NOCCN(C)C)[C@H](C)[C@@H](O)[C@]1(C)O. The van der Waals surface area contributed by atoms with Crippen molar-refractivity contribution in [2.75, 3.05) is 47.9 Å². The number of carbonyl (C=O) groups excluding carboxylic acids is 1. The second-order valence-electron chi connectivity index (χ2n) is 22.1. The third-order valence-electron chi connectivity index (χ3n) is 15.6. The van der Waals surface area contributed by atoms with Crippen molar-refractivity contribution in [3.8, 4) is 0 Å². The number of nitro benzene ring substituents is 1. The number of rotatable bonds is 18. The minimum Gasteiger partial charge on any atom is -0.459 e. The number of nitro groups is 1. The lowest BCUT2D eigenvalue weighted by molar-refractivity contribution is -0.384. The summed E-state index contributed by atoms with van der Waals surface area (Å²) in [7, 11) is 7.18. The zero-order chi connectivity index (χ0) is 55.0. The van der Waals surface area contributed by atoms with Gasteiger partial charge in [0.25, 0.3) is 5.69 Å². The minimum atomic E-state index is -1.97. The molecule has 0 radical (unpaired) electrons. The molecule has 1 aromatic carbocycles. The van der Waals surface area contributed by atoms with E-state index in [9.17, 15) is 40.4 Å². The predicted molar refractivity (Wildman–Crippen MR) is 273 cm³/mol. The van der Waals surface area contributed by atoms with E-state index in [1.54, 1.807) is 65.3 Å². The summed E-state index contributed by atoms with van der Waals surface area (Å²) < 4.78 is 40.1. The molecule has 0 bridgehead atoms. The number of likely N-dealkylation sites (N-methyl/N-ethyl adjacent to an activating group) is 2. The average Bonchev–Trinajstić information content (AvgIpc) is 3.81. The Morgan fingerprint density at radius 1 is 0.932 bits per heavy atom. The number of carbonyl (C=O) groups is 1. The van der Waals surface area contributed by atoms with Gasteiger partial charge in [-0.2, -0.15) is 0 Å². The number of aromatic nitrogens is 3. The number of aryl methyl sites for hydroxylation is 2. The average molecular weight is 1050 g/mol. The molecule has 4 heterocycles. The van der Waals surface area contributed by atoms with Crippen molar-refractivity contribution < 1.29 is 68.5 Å². The Morgan fingerprint density at radius 2 is 1.61 bits per heavy atom. The first-order chi connectivity index (χ1) is 34.6. The molecule has 0 saturated carbocycles. The number of hydrogen-bond donors (Lipinski definition) is 5. The van der Waals surface area contributed by atoms with Gasteiger partial charge in [-0.25, -0.2) is 0 Å². The number of nitrogens with zero attached hydrogens (tertiary/aromatic N) is 7. The van der Waals surface area contributed by atoms with Gasteiger partial charge in [0.15, 0.2) is 12.6 Å². The molecule has 0 spiro atoms. The summed E-state index contributed by atoms with van der Waals surface area (Å²) in [5, 5.41) is 84.9. The number of oxime groups is 1. The highest BCUT2D eigenvalue weighted by atomic mass is 16.7. The van der Waals surface area contributed by atoms with Crippen molar-refractivity contribution in [3.63, 3.8) is 0 Å². The first kappa shape index (κ1) is 61.1. The molecule has 3 aliphatic rings. The van der Waals surface area contributed by atoms with Crippen LogP contribution in [-0.4, -0.2) is 199 Å². The Kier molecular flexibility index (Phi) is 21.5. The van der Waals surface area contributed by atoms with Gasteiger partial charge in [0.05, 0.1) is 64.0 Å². The Labute approximate surface area is 436 Å². The summed E-state index contributed by atoms with van der Waals surface area (Å²) in [6.07, 6.45) is -7.22. The molecule has 5 N–H and O–H groups in total. The third kappa shape index (κ3) is 15.0. The molecule has 22 nitrogen and oxygen atoms in total. The molecule has 0 amide bonds. The van der Waals surface area contributed by atoms with Gasteiger partial charge in [-0.3, -0.25) is 19.6 Å². The lowest BCUT2D eigenvalue weighted by atomic mass is 9.73. The van der Waals surface area contributed by atoms with Gasteiger partial charge in [0.1, 0.15) is 30.5 Å². The lowest BCUT2D eigenvalue weighted by Crippen LogP contribution is -2.61. The zero-order valence-electron chi connectivity index (χ0n) is 46.1. The number of aliphatic hydroxyl groups is 5. The molecule has 420 valence electrons. The van der Waals surface area contributed by atoms with Crippen LogP contribution in [0.2, 0.25) is 0 Å². The molecule has 2 unspecified atom stereocenters. The summed E-state index contributed by atoms with van der Waals surface area (Å²) in [4.78, 5) is 35.0. The molecular formula is C52H87N7O15. The number of cyclic esters (lactones) is 1. The van der Waals surface area contributed by atoms with Gasteiger partial charge in [-0.05, 0) is 93.9 Å². The van der Waals surface area contributed by atoms with E-state index in [2.05, 4.69) is 15.5 Å². The number of hydrogen-bond acceptors (Lipinski definition) is 20. The van der Waals surface area contributed by atoms with Gasteiger partial charge >= 0.3 is 5.97 Å². The second kappa shape index (κ2) is 26.0. The van der Waals surface area contributed by atoms with Gasteiger partial charge in [-0.15, -0.1) is 5.10 Å². The molecular weight excluding hydrogens is 963 g/mol. The van der Waals surface area contributed by atoms with Crippen molar-refractivity contribution in [2.24, 2.45) is 28.8 Å². The Hall–Kier alpha value is -3.78. The highest BCUT2D eigenvalue weighted by molar-refractivity contribution is 5.88. The molecule has 18 atom stereocenters. The fraction of sp³-hybridized carbons (Fsp3) is 0.808. The van der Waals surface area contributed by atoms with Crippen molar-refractivity contribution >= 4 is 17.4 Å². The number of benzene rings is 1. The molecule has 2 aromatic rings. The number of aliphatic hydroxyl groups excluding tert-OH is 3. The fourth-order valence-corrected chi connectivity index (χ4v) is 10.9. The van der Waals surface area contributed by atoms with Crippen molar-refractivity contribution in [2.45, 2.75) is 199 Å². The van der Waals surface area contributed by atoms with E-state index in [0.29, 0.717) is 44.6 Å². The Balaban J connectivity index is 1.48. The minimum absolute atomic E-state index is 0.0298. The monoisotopic (exact) mass is 1050 g/mol. The topological polar surface area (TPSA) is 276 Å². The summed E-state index contributed by atoms with van der Waals surface area (Å²) >= 11 is 0. The quantitative estimate of drug-likeness (QED) is 0.0618. The van der Waals surface area contributed by atoms with Crippen LogP contribution in [0, 0.1) is 33.8 Å². The number of non-ortho nitro benzene ring substituents is 1. The van der Waals surface area contributed by atoms with E-state index in [1.807, 2.05) is 51.0 Å². The first-order valence-electron chi connectivity index (χ1n) is 26.2. The molecule has 1 aromatic heterocycles. The maximum atomic E-state index is 14.6. The first-order valence-corrected chi connectivity index (χ1v) is 26.2. The molecule has 5 rings (SSSR count). The standard InChI is InChI=1S/C52H87N7O15/c1-15-40-52(10,65)45(61)32(4)42(54-69-25-24-56(11)12)30(2)27-50(8,64)47(33(5)44(34(6)48(63)72-40)73-41-28-51(9,68-14)46(62)35(7)71-41)74-49-43(60)39(26-31(3)70-49)57(13)22-21-37-29-58(55-53-37)23-20-36-16-18-38(19-17-36)59(66)67/h16-19,29-35,39-41,43-47,49,60-62,64-65H,15,20-28H2,1-14H3/t30-,31-,32+,33+,34-,35+,39+,40-,41?,43+,44+,45-,46+,47-,49?,50-,51-,52-/m1/s1. The summed E-state index contributed by atoms with van der Waals surface area (Å²) in [6, 6.07) is 5.93. The molecule has 0 aliphatic carbocycles. The van der Waals surface area contributed by atoms with Crippen LogP contribution in [0.4, 0.5) is 5.69 Å². The highest BCUT2D eigenvalue weighted by Crippen LogP contribution is 2.41. The van der Waals surface area contributed by atoms with Crippen molar-refractivity contribution in [1.82, 2.24) is 24.8 Å². The van der Waals surface area contributed by atoms with E-state index >= 15 is 0 Å². The highest BCUT2D eigenvalue weighted by Gasteiger charge is 2.53. The summed E-state index contributed by atoms with van der Waals surface area (Å²) in [5.41, 5.74) is -2.85. The van der Waals surface area contributed by atoms with Crippen molar-refractivity contribution in [1.29, 1.82) is 0 Å². The predicted octanol–water partition coefficient (Wildman–Crippen LogP) is 3.51. The lowest BCUT2D eigenvalue weighted by Gasteiger charge is -2.49. The largest absolute Gasteiger partial charge is 0.459 e. The number of ether oxygens (including phenoxy) is 6. The number of esters is 1. The molecule has 74 heavy (non-hydrogen) atoms.